The maximum absolute atomic E-state index is 7.17. The number of rotatable bonds is 8. The summed E-state index contributed by atoms with van der Waals surface area (Å²) >= 11 is 0. The minimum absolute atomic E-state index is 0.0757. The fourth-order valence-electron chi connectivity index (χ4n) is 18.3. The molecule has 3 aromatic heterocycles. The van der Waals surface area contributed by atoms with Crippen molar-refractivity contribution in [2.75, 3.05) is 9.80 Å². The summed E-state index contributed by atoms with van der Waals surface area (Å²) < 4.78 is 12.3. The van der Waals surface area contributed by atoms with Crippen molar-refractivity contribution in [3.63, 3.8) is 0 Å². The molecule has 562 valence electrons. The van der Waals surface area contributed by atoms with Gasteiger partial charge < -0.3 is 23.4 Å². The summed E-state index contributed by atoms with van der Waals surface area (Å²) in [5.41, 5.74) is 35.0. The lowest BCUT2D eigenvalue weighted by molar-refractivity contribution is 0.568. The van der Waals surface area contributed by atoms with Crippen LogP contribution in [0.2, 0.25) is 0 Å². The summed E-state index contributed by atoms with van der Waals surface area (Å²) in [5, 5.41) is 6.98. The molecule has 0 bridgehead atoms. The van der Waals surface area contributed by atoms with Gasteiger partial charge in [-0.15, -0.1) is 0 Å². The lowest BCUT2D eigenvalue weighted by atomic mass is 9.33. The highest BCUT2D eigenvalue weighted by Gasteiger charge is 2.46. The molecule has 0 spiro atoms. The molecule has 17 aromatic rings. The molecule has 2 aliphatic heterocycles. The monoisotopic (exact) mass is 1480 g/mol. The third-order valence-corrected chi connectivity index (χ3v) is 24.7. The molecule has 0 radical (unpaired) electrons. The van der Waals surface area contributed by atoms with E-state index in [9.17, 15) is 0 Å². The minimum Gasteiger partial charge on any atom is -0.456 e. The predicted octanol–water partition coefficient (Wildman–Crippen LogP) is 28.3. The van der Waals surface area contributed by atoms with E-state index in [1.165, 1.54) is 93.5 Å². The molecule has 5 nitrogen and oxygen atoms in total. The van der Waals surface area contributed by atoms with Crippen LogP contribution in [0.5, 0.6) is 0 Å². The van der Waals surface area contributed by atoms with Crippen molar-refractivity contribution in [1.82, 2.24) is 9.13 Å². The maximum Gasteiger partial charge on any atom is 0.252 e. The summed E-state index contributed by atoms with van der Waals surface area (Å²) in [4.78, 5) is 5.46. The number of nitrogens with zero attached hydrogens (tertiary/aromatic N) is 4. The van der Waals surface area contributed by atoms with Gasteiger partial charge >= 0.3 is 0 Å². The highest BCUT2D eigenvalue weighted by atomic mass is 16.3. The zero-order chi connectivity index (χ0) is 79.2. The first-order valence-corrected chi connectivity index (χ1v) is 41.0. The van der Waals surface area contributed by atoms with Crippen LogP contribution in [0.4, 0.5) is 34.1 Å². The predicted molar refractivity (Wildman–Crippen MR) is 490 cm³/mol. The summed E-state index contributed by atoms with van der Waals surface area (Å²) in [7, 11) is 0. The van der Waals surface area contributed by atoms with Crippen molar-refractivity contribution in [3.05, 3.63) is 318 Å². The first-order valence-electron chi connectivity index (χ1n) is 41.0. The first-order chi connectivity index (χ1) is 54.3. The molecule has 0 unspecified atom stereocenters. The first kappa shape index (κ1) is 72.4. The lowest BCUT2D eigenvalue weighted by Crippen LogP contribution is -2.61. The zero-order valence-electron chi connectivity index (χ0n) is 69.4. The van der Waals surface area contributed by atoms with Gasteiger partial charge in [-0.1, -0.05) is 307 Å². The zero-order valence-corrected chi connectivity index (χ0v) is 69.4. The molecule has 114 heavy (non-hydrogen) atoms. The largest absolute Gasteiger partial charge is 0.456 e. The Kier molecular flexibility index (Phi) is 16.4. The standard InChI is InChI=1S/C108H101BN4O/c1-103(2,3)73-43-49-89-84(63-73)85-64-74(104(4,5)6)44-50-90(85)111(89)80-45-48-87-92(65-80)112(94-58-71(66-32-22-19-23-33-66)57-93-99(94)82-38-28-30-40-88(82)110(93)79-36-26-21-27-37-79)95-59-72(70-54-77(107(13,14)15)62-78(55-70)108(16,17)18)60-96-101(95)109(87)86-47-42-68(69-52-75(105(7,8)9)61-76(53-69)106(10,11)12)56-91(86)113(96)102-81(67-34-24-20-25-35-67)46-51-98-100(102)83-39-29-31-41-97(83)114-98/h19-65H,1-18H3. The van der Waals surface area contributed by atoms with E-state index >= 15 is 0 Å². The Morgan fingerprint density at radius 1 is 0.246 bits per heavy atom. The molecule has 0 atom stereocenters. The second-order valence-corrected chi connectivity index (χ2v) is 38.7. The minimum atomic E-state index is -0.289. The molecule has 0 saturated heterocycles. The smallest absolute Gasteiger partial charge is 0.252 e. The number of hydrogen-bond acceptors (Lipinski definition) is 3. The summed E-state index contributed by atoms with van der Waals surface area (Å²) in [6, 6.07) is 110. The van der Waals surface area contributed by atoms with Crippen LogP contribution in [0.1, 0.15) is 158 Å². The number of furan rings is 1. The van der Waals surface area contributed by atoms with Crippen molar-refractivity contribution in [3.8, 4) is 55.9 Å². The molecule has 0 amide bonds. The molecule has 19 rings (SSSR count). The summed E-state index contributed by atoms with van der Waals surface area (Å²) in [5.74, 6) is 0. The van der Waals surface area contributed by atoms with E-state index < -0.39 is 0 Å². The highest BCUT2D eigenvalue weighted by molar-refractivity contribution is 7.00. The Balaban J connectivity index is 1.03. The van der Waals surface area contributed by atoms with Crippen molar-refractivity contribution in [1.29, 1.82) is 0 Å². The summed E-state index contributed by atoms with van der Waals surface area (Å²) in [6.45, 7) is 42.1. The molecular weight excluding hydrogens is 1380 g/mol. The number of benzene rings is 14. The topological polar surface area (TPSA) is 29.5 Å². The van der Waals surface area contributed by atoms with Crippen LogP contribution in [0.15, 0.2) is 290 Å². The molecule has 2 aliphatic rings. The molecule has 0 N–H and O–H groups in total. The van der Waals surface area contributed by atoms with Crippen molar-refractivity contribution in [2.24, 2.45) is 0 Å². The number of para-hydroxylation sites is 3. The molecule has 5 heterocycles. The normalized spacial score (nSPS) is 13.5. The van der Waals surface area contributed by atoms with E-state index in [4.69, 9.17) is 4.42 Å². The van der Waals surface area contributed by atoms with Crippen LogP contribution in [0.3, 0.4) is 0 Å². The fourth-order valence-corrected chi connectivity index (χ4v) is 18.3. The Labute approximate surface area is 673 Å². The van der Waals surface area contributed by atoms with Crippen LogP contribution in [-0.4, -0.2) is 15.8 Å². The van der Waals surface area contributed by atoms with Gasteiger partial charge in [-0.25, -0.2) is 0 Å². The van der Waals surface area contributed by atoms with Crippen LogP contribution in [-0.2, 0) is 32.5 Å². The second-order valence-electron chi connectivity index (χ2n) is 38.7. The molecular formula is C108H101BN4O. The third-order valence-electron chi connectivity index (χ3n) is 24.7. The van der Waals surface area contributed by atoms with Gasteiger partial charge in [0, 0.05) is 66.6 Å². The Morgan fingerprint density at radius 3 is 1.25 bits per heavy atom. The van der Waals surface area contributed by atoms with Gasteiger partial charge in [0.2, 0.25) is 0 Å². The Bertz CT molecular complexity index is 6650. The lowest BCUT2D eigenvalue weighted by Gasteiger charge is -2.45. The van der Waals surface area contributed by atoms with E-state index in [1.807, 2.05) is 0 Å². The number of anilines is 6. The van der Waals surface area contributed by atoms with Crippen LogP contribution in [0.25, 0.3) is 121 Å². The average molecular weight is 1480 g/mol. The average Bonchev–Trinajstić information content (AvgIpc) is 0.973. The van der Waals surface area contributed by atoms with Gasteiger partial charge in [0.15, 0.2) is 0 Å². The van der Waals surface area contributed by atoms with Gasteiger partial charge in [-0.2, -0.15) is 0 Å². The molecule has 0 aliphatic carbocycles. The van der Waals surface area contributed by atoms with Crippen LogP contribution >= 0.6 is 0 Å². The maximum atomic E-state index is 7.17. The quantitative estimate of drug-likeness (QED) is 0.142. The molecule has 0 saturated carbocycles. The molecule has 0 fully saturated rings. The Hall–Kier alpha value is -11.9. The number of aromatic nitrogens is 2. The van der Waals surface area contributed by atoms with Crippen LogP contribution < -0.4 is 26.2 Å². The number of hydrogen-bond donors (Lipinski definition) is 0. The SMILES string of the molecule is CC(C)(C)c1cc(-c2ccc3c(c2)N(c2c(-c4ccccc4)ccc4oc5ccccc5c24)c2cc(-c4cc(C(C)(C)C)cc(C(C)(C)C)c4)cc4c2B3c2ccc(-n3c5ccc(C(C)(C)C)cc5c5cc(C(C)(C)C)ccc53)cc2N4c2cc(-c3ccccc3)cc3c2c2ccccc2n3-c2ccccc2)cc(C(C)(C)C)c1. The van der Waals surface area contributed by atoms with E-state index in [-0.39, 0.29) is 39.2 Å². The van der Waals surface area contributed by atoms with Gasteiger partial charge in [0.05, 0.1) is 38.8 Å². The van der Waals surface area contributed by atoms with Gasteiger partial charge in [0.1, 0.15) is 11.2 Å². The third kappa shape index (κ3) is 11.9. The Morgan fingerprint density at radius 2 is 0.684 bits per heavy atom. The van der Waals surface area contributed by atoms with E-state index in [1.54, 1.807) is 0 Å². The van der Waals surface area contributed by atoms with Crippen molar-refractivity contribution >= 4 is 123 Å². The fraction of sp³-hybridized carbons (Fsp3) is 0.222. The van der Waals surface area contributed by atoms with Crippen molar-refractivity contribution in [2.45, 2.75) is 157 Å². The van der Waals surface area contributed by atoms with Gasteiger partial charge in [-0.05, 0) is 224 Å². The van der Waals surface area contributed by atoms with Gasteiger partial charge in [0.25, 0.3) is 6.71 Å². The van der Waals surface area contributed by atoms with E-state index in [2.05, 4.69) is 429 Å². The second kappa shape index (κ2) is 25.8. The van der Waals surface area contributed by atoms with Crippen molar-refractivity contribution < 1.29 is 4.42 Å². The summed E-state index contributed by atoms with van der Waals surface area (Å²) in [6.07, 6.45) is 0. The van der Waals surface area contributed by atoms with Crippen LogP contribution in [0, 0.1) is 0 Å². The highest BCUT2D eigenvalue weighted by Crippen LogP contribution is 2.56. The van der Waals surface area contributed by atoms with E-state index in [0.29, 0.717) is 0 Å². The number of fused-ring (bicyclic) bond motifs is 13. The van der Waals surface area contributed by atoms with E-state index in [0.717, 1.165) is 112 Å². The molecule has 14 aromatic carbocycles. The van der Waals surface area contributed by atoms with Gasteiger partial charge in [-0.3, -0.25) is 0 Å². The molecule has 6 heteroatoms.